The largest absolute Gasteiger partial charge is 0.497 e. The van der Waals surface area contributed by atoms with Gasteiger partial charge in [-0.1, -0.05) is 0 Å². The normalized spacial score (nSPS) is 12.0. The zero-order valence-corrected chi connectivity index (χ0v) is 21.7. The van der Waals surface area contributed by atoms with Gasteiger partial charge in [-0.15, -0.1) is 0 Å². The number of nitrogens with zero attached hydrogens (tertiary/aromatic N) is 5. The number of alkyl halides is 3. The quantitative estimate of drug-likeness (QED) is 0.249. The number of rotatable bonds is 9. The molecule has 4 aromatic rings. The minimum atomic E-state index is -4.72. The van der Waals surface area contributed by atoms with E-state index in [1.807, 2.05) is 0 Å². The van der Waals surface area contributed by atoms with Crippen LogP contribution in [0.15, 0.2) is 48.9 Å². The Balaban J connectivity index is 1.84. The average molecular weight is 580 g/mol. The molecule has 1 atom stereocenters. The maximum Gasteiger partial charge on any atom is 0.435 e. The van der Waals surface area contributed by atoms with Crippen molar-refractivity contribution >= 4 is 28.8 Å². The first-order valence-electron chi connectivity index (χ1n) is 11.0. The topological polar surface area (TPSA) is 163 Å². The lowest BCUT2D eigenvalue weighted by Crippen LogP contribution is -2.25. The predicted molar refractivity (Wildman–Crippen MR) is 135 cm³/mol. The Kier molecular flexibility index (Phi) is 8.15. The van der Waals surface area contributed by atoms with E-state index in [-0.39, 0.29) is 34.3 Å². The van der Waals surface area contributed by atoms with Gasteiger partial charge >= 0.3 is 6.18 Å². The number of hydrogen-bond acceptors (Lipinski definition) is 10. The second kappa shape index (κ2) is 11.5. The van der Waals surface area contributed by atoms with Gasteiger partial charge in [0.25, 0.3) is 17.2 Å². The standard InChI is InChI=1S/C23H20F3N7O6S/c1-37-14-7-13(8-15(9-14)38-2)29-22-28-11-17(19(30-22)33-5-4-18(31-33)23(24,25)26)12-6-16(20(34)32-40(35)36)21(39-3)27-10-12/h4-11H,1-3H3,(H,32,34)(H,35,36)(H,28,29,30). The molecule has 0 fully saturated rings. The van der Waals surface area contributed by atoms with Crippen LogP contribution in [0.3, 0.4) is 0 Å². The first-order valence-corrected chi connectivity index (χ1v) is 12.1. The van der Waals surface area contributed by atoms with Gasteiger partial charge in [-0.3, -0.25) is 9.35 Å². The monoisotopic (exact) mass is 579 g/mol. The highest BCUT2D eigenvalue weighted by atomic mass is 32.2. The molecule has 0 aliphatic carbocycles. The van der Waals surface area contributed by atoms with Gasteiger partial charge in [0.1, 0.15) is 17.1 Å². The number of methoxy groups -OCH3 is 3. The van der Waals surface area contributed by atoms with E-state index in [0.717, 1.165) is 16.9 Å². The number of aromatic nitrogens is 5. The van der Waals surface area contributed by atoms with Crippen molar-refractivity contribution in [3.63, 3.8) is 0 Å². The molecule has 0 aliphatic rings. The van der Waals surface area contributed by atoms with Crippen molar-refractivity contribution in [1.82, 2.24) is 29.5 Å². The molecule has 210 valence electrons. The van der Waals surface area contributed by atoms with E-state index in [4.69, 9.17) is 18.8 Å². The van der Waals surface area contributed by atoms with Gasteiger partial charge in [-0.2, -0.15) is 23.3 Å². The molecule has 0 saturated carbocycles. The molecule has 13 nitrogen and oxygen atoms in total. The first-order chi connectivity index (χ1) is 19.0. The van der Waals surface area contributed by atoms with Gasteiger partial charge in [0, 0.05) is 53.6 Å². The predicted octanol–water partition coefficient (Wildman–Crippen LogP) is 3.38. The summed E-state index contributed by atoms with van der Waals surface area (Å²) in [7, 11) is 4.17. The highest BCUT2D eigenvalue weighted by Gasteiger charge is 2.34. The van der Waals surface area contributed by atoms with E-state index in [9.17, 15) is 22.2 Å². The smallest absolute Gasteiger partial charge is 0.435 e. The van der Waals surface area contributed by atoms with Crippen LogP contribution in [0.1, 0.15) is 16.1 Å². The molecular formula is C23H20F3N7O6S. The zero-order chi connectivity index (χ0) is 29.0. The second-order valence-corrected chi connectivity index (χ2v) is 8.46. The van der Waals surface area contributed by atoms with Crippen LogP contribution < -0.4 is 24.2 Å². The maximum atomic E-state index is 13.3. The van der Waals surface area contributed by atoms with Crippen molar-refractivity contribution in [3.8, 4) is 34.3 Å². The van der Waals surface area contributed by atoms with Crippen molar-refractivity contribution in [2.75, 3.05) is 26.6 Å². The number of anilines is 2. The third-order valence-electron chi connectivity index (χ3n) is 5.25. The van der Waals surface area contributed by atoms with E-state index in [0.29, 0.717) is 17.2 Å². The highest BCUT2D eigenvalue weighted by Crippen LogP contribution is 2.32. The Bertz CT molecular complexity index is 1560. The van der Waals surface area contributed by atoms with Crippen molar-refractivity contribution in [2.45, 2.75) is 6.18 Å². The number of halogens is 3. The van der Waals surface area contributed by atoms with E-state index in [1.54, 1.807) is 22.9 Å². The van der Waals surface area contributed by atoms with E-state index in [2.05, 4.69) is 25.4 Å². The van der Waals surface area contributed by atoms with Gasteiger partial charge in [0.2, 0.25) is 11.8 Å². The summed E-state index contributed by atoms with van der Waals surface area (Å²) in [6, 6.07) is 6.91. The number of carbonyl (C=O) groups is 1. The van der Waals surface area contributed by atoms with Crippen molar-refractivity contribution in [1.29, 1.82) is 0 Å². The fraction of sp³-hybridized carbons (Fsp3) is 0.174. The average Bonchev–Trinajstić information content (AvgIpc) is 3.43. The van der Waals surface area contributed by atoms with Gasteiger partial charge in [-0.25, -0.2) is 23.6 Å². The van der Waals surface area contributed by atoms with Gasteiger partial charge in [0.15, 0.2) is 11.5 Å². The Labute approximate surface area is 226 Å². The Morgan fingerprint density at radius 1 is 1.02 bits per heavy atom. The van der Waals surface area contributed by atoms with Crippen LogP contribution in [0.5, 0.6) is 17.4 Å². The Morgan fingerprint density at radius 2 is 1.73 bits per heavy atom. The molecule has 40 heavy (non-hydrogen) atoms. The first kappa shape index (κ1) is 28.2. The van der Waals surface area contributed by atoms with Crippen LogP contribution in [-0.2, 0) is 17.4 Å². The molecule has 4 rings (SSSR count). The minimum absolute atomic E-state index is 0.0202. The summed E-state index contributed by atoms with van der Waals surface area (Å²) in [4.78, 5) is 25.1. The number of benzene rings is 1. The van der Waals surface area contributed by atoms with Crippen LogP contribution in [0, 0.1) is 0 Å². The fourth-order valence-electron chi connectivity index (χ4n) is 3.47. The number of nitrogens with one attached hydrogen (secondary N) is 2. The molecule has 0 aliphatic heterocycles. The van der Waals surface area contributed by atoms with Crippen molar-refractivity contribution in [2.24, 2.45) is 0 Å². The van der Waals surface area contributed by atoms with E-state index in [1.165, 1.54) is 39.8 Å². The summed E-state index contributed by atoms with van der Waals surface area (Å²) >= 11 is -2.68. The molecular weight excluding hydrogens is 559 g/mol. The van der Waals surface area contributed by atoms with Crippen molar-refractivity contribution < 1.29 is 40.9 Å². The third-order valence-corrected chi connectivity index (χ3v) is 5.61. The lowest BCUT2D eigenvalue weighted by Gasteiger charge is -2.14. The van der Waals surface area contributed by atoms with Gasteiger partial charge in [0.05, 0.1) is 21.3 Å². The van der Waals surface area contributed by atoms with Gasteiger partial charge in [-0.05, 0) is 12.1 Å². The third kappa shape index (κ3) is 6.26. The number of ether oxygens (including phenoxy) is 3. The van der Waals surface area contributed by atoms with Gasteiger partial charge < -0.3 is 19.5 Å². The van der Waals surface area contributed by atoms with Crippen LogP contribution in [0.2, 0.25) is 0 Å². The summed E-state index contributed by atoms with van der Waals surface area (Å²) in [5, 5.41) is 6.55. The second-order valence-electron chi connectivity index (χ2n) is 7.76. The molecule has 3 N–H and O–H groups in total. The molecule has 0 radical (unpaired) electrons. The summed E-state index contributed by atoms with van der Waals surface area (Å²) < 4.78 is 78.4. The highest BCUT2D eigenvalue weighted by molar-refractivity contribution is 7.77. The Morgan fingerprint density at radius 3 is 2.30 bits per heavy atom. The van der Waals surface area contributed by atoms with E-state index >= 15 is 0 Å². The lowest BCUT2D eigenvalue weighted by molar-refractivity contribution is -0.141. The molecule has 0 saturated heterocycles. The van der Waals surface area contributed by atoms with E-state index < -0.39 is 29.0 Å². The van der Waals surface area contributed by atoms with Crippen LogP contribution in [0.25, 0.3) is 16.9 Å². The molecule has 1 aromatic carbocycles. The summed E-state index contributed by atoms with van der Waals surface area (Å²) in [5.74, 6) is -0.366. The number of hydrogen-bond donors (Lipinski definition) is 3. The number of amides is 1. The minimum Gasteiger partial charge on any atom is -0.497 e. The van der Waals surface area contributed by atoms with Crippen LogP contribution >= 0.6 is 0 Å². The molecule has 1 amide bonds. The number of pyridine rings is 1. The SMILES string of the molecule is COc1cc(Nc2ncc(-c3cnc(OC)c(C(=O)NS(=O)O)c3)c(-n3ccc(C(F)(F)F)n3)n2)cc(OC)c1. The maximum absolute atomic E-state index is 13.3. The molecule has 17 heteroatoms. The summed E-state index contributed by atoms with van der Waals surface area (Å²) in [5.41, 5.74) is -0.644. The fourth-order valence-corrected chi connectivity index (χ4v) is 3.74. The molecule has 1 unspecified atom stereocenters. The molecule has 0 spiro atoms. The van der Waals surface area contributed by atoms with Crippen molar-refractivity contribution in [3.05, 3.63) is 60.2 Å². The summed E-state index contributed by atoms with van der Waals surface area (Å²) in [6.07, 6.45) is -1.11. The number of carbonyl (C=O) groups excluding carboxylic acids is 1. The molecule has 3 heterocycles. The molecule has 0 bridgehead atoms. The summed E-state index contributed by atoms with van der Waals surface area (Å²) in [6.45, 7) is 0. The zero-order valence-electron chi connectivity index (χ0n) is 20.9. The lowest BCUT2D eigenvalue weighted by atomic mass is 10.1. The van der Waals surface area contributed by atoms with Crippen LogP contribution in [-0.4, -0.2) is 60.7 Å². The Hall–Kier alpha value is -4.77. The molecule has 3 aromatic heterocycles. The van der Waals surface area contributed by atoms with Crippen LogP contribution in [0.4, 0.5) is 24.8 Å².